The van der Waals surface area contributed by atoms with Gasteiger partial charge in [-0.1, -0.05) is 152 Å². The Bertz CT molecular complexity index is 2610. The highest BCUT2D eigenvalue weighted by Gasteiger charge is 2.51. The number of fused-ring (bicyclic) bond motifs is 9. The minimum Gasteiger partial charge on any atom is -0.455 e. The number of benzene rings is 7. The molecule has 1 aliphatic heterocycles. The predicted octanol–water partition coefficient (Wildman–Crippen LogP) is 11.5. The summed E-state index contributed by atoms with van der Waals surface area (Å²) in [5.74, 6) is 2.05. The first-order valence-electron chi connectivity index (χ1n) is 17.4. The van der Waals surface area contributed by atoms with E-state index in [1.54, 1.807) is 0 Å². The summed E-state index contributed by atoms with van der Waals surface area (Å²) in [7, 11) is 0. The molecule has 0 saturated heterocycles. The number of ether oxygens (including phenoxy) is 1. The van der Waals surface area contributed by atoms with Crippen molar-refractivity contribution in [2.45, 2.75) is 5.41 Å². The molecule has 4 nitrogen and oxygen atoms in total. The number of aromatic nitrogens is 2. The Morgan fingerprint density at radius 1 is 0.442 bits per heavy atom. The molecule has 0 saturated carbocycles. The van der Waals surface area contributed by atoms with Crippen LogP contribution in [0.4, 0.5) is 0 Å². The molecule has 0 N–H and O–H groups in total. The molecule has 2 heterocycles. The zero-order valence-corrected chi connectivity index (χ0v) is 28.0. The van der Waals surface area contributed by atoms with Crippen LogP contribution in [0.5, 0.6) is 11.5 Å². The van der Waals surface area contributed by atoms with Gasteiger partial charge in [0, 0.05) is 27.8 Å². The number of rotatable bonds is 4. The van der Waals surface area contributed by atoms with Crippen molar-refractivity contribution in [2.24, 2.45) is 0 Å². The van der Waals surface area contributed by atoms with Gasteiger partial charge in [0.25, 0.3) is 0 Å². The van der Waals surface area contributed by atoms with Crippen molar-refractivity contribution in [2.75, 3.05) is 0 Å². The maximum Gasteiger partial charge on any atom is 0.160 e. The SMILES string of the molecule is N#Cc1cccc2c1Oc1ccc(-c3ccc(-c4nc(-c5ccccc5)cc(-c5ccccc5)n4)cc3)cc1C21c2ccccc2-c2ccccc21. The molecule has 0 amide bonds. The molecule has 0 unspecified atom stereocenters. The second-order valence-electron chi connectivity index (χ2n) is 13.2. The van der Waals surface area contributed by atoms with Crippen LogP contribution in [0.25, 0.3) is 56.2 Å². The molecule has 2 aliphatic rings. The lowest BCUT2D eigenvalue weighted by molar-refractivity contribution is 0.435. The first kappa shape index (κ1) is 29.8. The summed E-state index contributed by atoms with van der Waals surface area (Å²) in [4.78, 5) is 10.1. The number of hydrogen-bond donors (Lipinski definition) is 0. The van der Waals surface area contributed by atoms with Crippen LogP contribution in [-0.2, 0) is 5.41 Å². The van der Waals surface area contributed by atoms with E-state index in [2.05, 4.69) is 133 Å². The summed E-state index contributed by atoms with van der Waals surface area (Å²) < 4.78 is 6.64. The predicted molar refractivity (Wildman–Crippen MR) is 206 cm³/mol. The molecule has 1 aliphatic carbocycles. The Hall–Kier alpha value is -7.09. The fraction of sp³-hybridized carbons (Fsp3) is 0.0208. The van der Waals surface area contributed by atoms with Gasteiger partial charge in [-0.25, -0.2) is 9.97 Å². The molecule has 0 radical (unpaired) electrons. The van der Waals surface area contributed by atoms with Crippen molar-refractivity contribution in [3.05, 3.63) is 204 Å². The third kappa shape index (κ3) is 4.47. The number of nitriles is 1. The summed E-state index contributed by atoms with van der Waals surface area (Å²) in [6.45, 7) is 0. The van der Waals surface area contributed by atoms with Gasteiger partial charge in [0.15, 0.2) is 5.82 Å². The quantitative estimate of drug-likeness (QED) is 0.188. The second-order valence-corrected chi connectivity index (χ2v) is 13.2. The Morgan fingerprint density at radius 2 is 0.981 bits per heavy atom. The minimum absolute atomic E-state index is 0.526. The van der Waals surface area contributed by atoms with E-state index in [9.17, 15) is 5.26 Å². The third-order valence-electron chi connectivity index (χ3n) is 10.4. The molecular formula is C48H29N3O. The van der Waals surface area contributed by atoms with Crippen LogP contribution < -0.4 is 4.74 Å². The van der Waals surface area contributed by atoms with Gasteiger partial charge < -0.3 is 4.74 Å². The molecule has 242 valence electrons. The Labute approximate surface area is 301 Å². The van der Waals surface area contributed by atoms with Gasteiger partial charge in [-0.2, -0.15) is 5.26 Å². The summed E-state index contributed by atoms with van der Waals surface area (Å²) in [6, 6.07) is 63.1. The lowest BCUT2D eigenvalue weighted by Crippen LogP contribution is -2.32. The van der Waals surface area contributed by atoms with Crippen LogP contribution >= 0.6 is 0 Å². The van der Waals surface area contributed by atoms with E-state index in [0.717, 1.165) is 56.1 Å². The molecule has 10 rings (SSSR count). The van der Waals surface area contributed by atoms with Crippen molar-refractivity contribution in [1.82, 2.24) is 9.97 Å². The Kier molecular flexibility index (Phi) is 6.74. The van der Waals surface area contributed by atoms with E-state index >= 15 is 0 Å². The zero-order chi connectivity index (χ0) is 34.6. The standard InChI is InChI=1S/C48H29N3O/c49-30-36-16-11-21-41-46(36)52-45-27-26-35(28-42(45)48(41)39-19-9-7-17-37(39)38-18-8-10-20-40(38)48)31-22-24-34(25-23-31)47-50-43(32-12-3-1-4-13-32)29-44(51-47)33-14-5-2-6-15-33/h1-29H. The van der Waals surface area contributed by atoms with Crippen molar-refractivity contribution in [3.8, 4) is 73.7 Å². The summed E-state index contributed by atoms with van der Waals surface area (Å²) in [5, 5.41) is 10.2. The van der Waals surface area contributed by atoms with E-state index in [4.69, 9.17) is 14.7 Å². The molecule has 0 bridgehead atoms. The Morgan fingerprint density at radius 3 is 1.60 bits per heavy atom. The molecule has 52 heavy (non-hydrogen) atoms. The minimum atomic E-state index is -0.654. The van der Waals surface area contributed by atoms with Gasteiger partial charge in [0.05, 0.1) is 22.4 Å². The van der Waals surface area contributed by atoms with Crippen LogP contribution in [0.15, 0.2) is 176 Å². The lowest BCUT2D eigenvalue weighted by Gasteiger charge is -2.39. The molecule has 1 aromatic heterocycles. The molecule has 7 aromatic carbocycles. The first-order chi connectivity index (χ1) is 25.7. The van der Waals surface area contributed by atoms with E-state index in [0.29, 0.717) is 17.1 Å². The smallest absolute Gasteiger partial charge is 0.160 e. The van der Waals surface area contributed by atoms with Crippen molar-refractivity contribution < 1.29 is 4.74 Å². The fourth-order valence-electron chi connectivity index (χ4n) is 8.09. The average Bonchev–Trinajstić information content (AvgIpc) is 3.52. The monoisotopic (exact) mass is 663 g/mol. The highest BCUT2D eigenvalue weighted by atomic mass is 16.5. The van der Waals surface area contributed by atoms with Gasteiger partial charge in [-0.15, -0.1) is 0 Å². The van der Waals surface area contributed by atoms with E-state index in [-0.39, 0.29) is 0 Å². The fourth-order valence-corrected chi connectivity index (χ4v) is 8.09. The largest absolute Gasteiger partial charge is 0.455 e. The lowest BCUT2D eigenvalue weighted by atomic mass is 9.65. The molecule has 1 spiro atoms. The van der Waals surface area contributed by atoms with Gasteiger partial charge in [0.1, 0.15) is 17.6 Å². The van der Waals surface area contributed by atoms with Gasteiger partial charge in [-0.3, -0.25) is 0 Å². The van der Waals surface area contributed by atoms with E-state index in [1.807, 2.05) is 48.5 Å². The number of hydrogen-bond acceptors (Lipinski definition) is 4. The zero-order valence-electron chi connectivity index (χ0n) is 28.0. The summed E-state index contributed by atoms with van der Waals surface area (Å²) in [5.41, 5.74) is 13.6. The molecule has 8 aromatic rings. The molecule has 4 heteroatoms. The highest BCUT2D eigenvalue weighted by Crippen LogP contribution is 2.62. The maximum absolute atomic E-state index is 10.2. The van der Waals surface area contributed by atoms with Crippen LogP contribution in [0.2, 0.25) is 0 Å². The molecular weight excluding hydrogens is 635 g/mol. The van der Waals surface area contributed by atoms with Gasteiger partial charge >= 0.3 is 0 Å². The van der Waals surface area contributed by atoms with Crippen molar-refractivity contribution >= 4 is 0 Å². The number of para-hydroxylation sites is 1. The highest BCUT2D eigenvalue weighted by molar-refractivity contribution is 5.89. The van der Waals surface area contributed by atoms with E-state index < -0.39 is 5.41 Å². The van der Waals surface area contributed by atoms with Crippen LogP contribution in [0.3, 0.4) is 0 Å². The summed E-state index contributed by atoms with van der Waals surface area (Å²) in [6.07, 6.45) is 0. The Balaban J connectivity index is 1.12. The van der Waals surface area contributed by atoms with Crippen LogP contribution in [-0.4, -0.2) is 9.97 Å². The number of nitrogens with zero attached hydrogens (tertiary/aromatic N) is 3. The topological polar surface area (TPSA) is 58.8 Å². The summed E-state index contributed by atoms with van der Waals surface area (Å²) >= 11 is 0. The molecule has 0 fully saturated rings. The first-order valence-corrected chi connectivity index (χ1v) is 17.4. The second kappa shape index (κ2) is 11.8. The van der Waals surface area contributed by atoms with Crippen molar-refractivity contribution in [3.63, 3.8) is 0 Å². The van der Waals surface area contributed by atoms with Crippen molar-refractivity contribution in [1.29, 1.82) is 5.26 Å². The molecule has 0 atom stereocenters. The normalized spacial score (nSPS) is 12.9. The van der Waals surface area contributed by atoms with Crippen LogP contribution in [0, 0.1) is 11.3 Å². The van der Waals surface area contributed by atoms with E-state index in [1.165, 1.54) is 22.3 Å². The van der Waals surface area contributed by atoms with Crippen LogP contribution in [0.1, 0.15) is 27.8 Å². The van der Waals surface area contributed by atoms with Gasteiger partial charge in [0.2, 0.25) is 0 Å². The van der Waals surface area contributed by atoms with Gasteiger partial charge in [-0.05, 0) is 57.6 Å². The maximum atomic E-state index is 10.2. The average molecular weight is 664 g/mol. The third-order valence-corrected chi connectivity index (χ3v) is 10.4.